The Morgan fingerprint density at radius 1 is 1.25 bits per heavy atom. The molecule has 0 saturated heterocycles. The molecule has 0 amide bonds. The standard InChI is InChI=1S/CH3I.HI.Li/c1-2;;/h1H3;1H;/q;;+1/p-1. The molecule has 0 rings (SSSR count). The predicted molar refractivity (Wildman–Crippen MR) is 19.9 cm³/mol. The summed E-state index contributed by atoms with van der Waals surface area (Å²) >= 11 is 2.15. The van der Waals surface area contributed by atoms with E-state index < -0.39 is 0 Å². The van der Waals surface area contributed by atoms with Crippen molar-refractivity contribution in [1.82, 2.24) is 0 Å². The van der Waals surface area contributed by atoms with Crippen molar-refractivity contribution >= 4 is 22.6 Å². The normalized spacial score (nSPS) is 1.50. The molecule has 0 aromatic rings. The first-order valence-corrected chi connectivity index (χ1v) is 2.54. The van der Waals surface area contributed by atoms with Crippen LogP contribution in [0.15, 0.2) is 0 Å². The van der Waals surface area contributed by atoms with Gasteiger partial charge in [0.2, 0.25) is 0 Å². The van der Waals surface area contributed by atoms with Gasteiger partial charge in [-0.25, -0.2) is 0 Å². The summed E-state index contributed by atoms with van der Waals surface area (Å²) in [6, 6.07) is 0. The van der Waals surface area contributed by atoms with Crippen molar-refractivity contribution in [3.63, 3.8) is 0 Å². The van der Waals surface area contributed by atoms with Crippen molar-refractivity contribution < 1.29 is 42.8 Å². The van der Waals surface area contributed by atoms with Crippen LogP contribution in [0, 0.1) is 0 Å². The predicted octanol–water partition coefficient (Wildman–Crippen LogP) is -4.94. The van der Waals surface area contributed by atoms with Gasteiger partial charge in [0, 0.05) is 0 Å². The zero-order valence-corrected chi connectivity index (χ0v) is 7.07. The molecule has 0 nitrogen and oxygen atoms in total. The molecule has 22 valence electrons. The molecule has 0 aliphatic carbocycles. The number of rotatable bonds is 0. The molecule has 0 spiro atoms. The maximum atomic E-state index is 2.15. The fourth-order valence-electron chi connectivity index (χ4n) is 0. The third kappa shape index (κ3) is 8.96. The smallest absolute Gasteiger partial charge is 1.00 e. The molecule has 4 heavy (non-hydrogen) atoms. The van der Waals surface area contributed by atoms with Gasteiger partial charge in [-0.2, -0.15) is 0 Å². The second kappa shape index (κ2) is 19.7. The Morgan fingerprint density at radius 3 is 1.25 bits per heavy atom. The fourth-order valence-corrected chi connectivity index (χ4v) is 0. The van der Waals surface area contributed by atoms with Gasteiger partial charge in [0.15, 0.2) is 0 Å². The van der Waals surface area contributed by atoms with E-state index in [1.54, 1.807) is 0 Å². The summed E-state index contributed by atoms with van der Waals surface area (Å²) in [4.78, 5) is 1.97. The van der Waals surface area contributed by atoms with Gasteiger partial charge in [-0.05, 0) is 4.93 Å². The Balaban J connectivity index is -0.00000000500. The minimum absolute atomic E-state index is 0. The van der Waals surface area contributed by atoms with E-state index in [1.165, 1.54) is 0 Å². The van der Waals surface area contributed by atoms with Gasteiger partial charge in [-0.1, -0.05) is 22.6 Å². The zero-order chi connectivity index (χ0) is 2.00. The van der Waals surface area contributed by atoms with Gasteiger partial charge in [0.25, 0.3) is 0 Å². The van der Waals surface area contributed by atoms with E-state index in [0.29, 0.717) is 0 Å². The van der Waals surface area contributed by atoms with E-state index in [9.17, 15) is 0 Å². The van der Waals surface area contributed by atoms with Gasteiger partial charge in [0.1, 0.15) is 0 Å². The SMILES string of the molecule is CI.[I-].[Li+]. The molecular formula is CH3I2Li. The molecule has 0 fully saturated rings. The van der Waals surface area contributed by atoms with E-state index in [4.69, 9.17) is 0 Å². The van der Waals surface area contributed by atoms with Crippen molar-refractivity contribution in [3.05, 3.63) is 0 Å². The number of alkyl halides is 1. The largest absolute Gasteiger partial charge is 1.00 e. The van der Waals surface area contributed by atoms with Gasteiger partial charge in [-0.15, -0.1) is 0 Å². The topological polar surface area (TPSA) is 0 Å². The Hall–Kier alpha value is 2.06. The van der Waals surface area contributed by atoms with E-state index in [2.05, 4.69) is 22.6 Å². The van der Waals surface area contributed by atoms with Crippen LogP contribution in [0.5, 0.6) is 0 Å². The first-order valence-electron chi connectivity index (χ1n) is 0.378. The Bertz CT molecular complexity index is 6.00. The molecule has 0 aliphatic heterocycles. The second-order valence-electron chi connectivity index (χ2n) is 0. The van der Waals surface area contributed by atoms with Crippen LogP contribution in [-0.2, 0) is 0 Å². The first kappa shape index (κ1) is 16.6. The molecule has 0 aromatic carbocycles. The van der Waals surface area contributed by atoms with Crippen molar-refractivity contribution in [3.8, 4) is 0 Å². The summed E-state index contributed by atoms with van der Waals surface area (Å²) in [6.45, 7) is 0. The van der Waals surface area contributed by atoms with Crippen LogP contribution in [0.1, 0.15) is 0 Å². The number of hydrogen-bond acceptors (Lipinski definition) is 0. The molecule has 0 aliphatic rings. The zero-order valence-electron chi connectivity index (χ0n) is 2.76. The first-order chi connectivity index (χ1) is 1.00. The molecule has 0 atom stereocenters. The van der Waals surface area contributed by atoms with Crippen LogP contribution in [0.3, 0.4) is 0 Å². The maximum Gasteiger partial charge on any atom is 1.00 e. The van der Waals surface area contributed by atoms with E-state index in [1.807, 2.05) is 4.93 Å². The van der Waals surface area contributed by atoms with Crippen molar-refractivity contribution in [2.45, 2.75) is 0 Å². The summed E-state index contributed by atoms with van der Waals surface area (Å²) in [5.41, 5.74) is 0. The maximum absolute atomic E-state index is 2.15. The van der Waals surface area contributed by atoms with Gasteiger partial charge >= 0.3 is 18.9 Å². The third-order valence-corrected chi connectivity index (χ3v) is 0. The van der Waals surface area contributed by atoms with E-state index in [-0.39, 0.29) is 42.8 Å². The Labute approximate surface area is 69.4 Å². The van der Waals surface area contributed by atoms with Crippen LogP contribution < -0.4 is 42.8 Å². The van der Waals surface area contributed by atoms with Crippen LogP contribution in [0.25, 0.3) is 0 Å². The summed E-state index contributed by atoms with van der Waals surface area (Å²) in [7, 11) is 0. The van der Waals surface area contributed by atoms with Gasteiger partial charge in [-0.3, -0.25) is 0 Å². The van der Waals surface area contributed by atoms with Gasteiger partial charge in [0.05, 0.1) is 0 Å². The van der Waals surface area contributed by atoms with E-state index >= 15 is 0 Å². The molecule has 0 N–H and O–H groups in total. The van der Waals surface area contributed by atoms with Crippen molar-refractivity contribution in [1.29, 1.82) is 0 Å². The van der Waals surface area contributed by atoms with Gasteiger partial charge < -0.3 is 24.0 Å². The second-order valence-corrected chi connectivity index (χ2v) is 0. The van der Waals surface area contributed by atoms with E-state index in [0.717, 1.165) is 0 Å². The molecular weight excluding hydrogens is 273 g/mol. The Kier molecular flexibility index (Phi) is 81.5. The molecule has 0 unspecified atom stereocenters. The molecule has 3 heteroatoms. The monoisotopic (exact) mass is 276 g/mol. The fraction of sp³-hybridized carbons (Fsp3) is 1.00. The van der Waals surface area contributed by atoms with Crippen LogP contribution in [0.4, 0.5) is 0 Å². The summed E-state index contributed by atoms with van der Waals surface area (Å²) in [5.74, 6) is 0. The number of hydrogen-bond donors (Lipinski definition) is 0. The summed E-state index contributed by atoms with van der Waals surface area (Å²) < 4.78 is 0. The van der Waals surface area contributed by atoms with Crippen LogP contribution >= 0.6 is 22.6 Å². The number of halogens is 2. The average molecular weight is 276 g/mol. The summed E-state index contributed by atoms with van der Waals surface area (Å²) in [5, 5.41) is 0. The Morgan fingerprint density at radius 2 is 1.25 bits per heavy atom. The summed E-state index contributed by atoms with van der Waals surface area (Å²) in [6.07, 6.45) is 0. The van der Waals surface area contributed by atoms with Crippen LogP contribution in [-0.4, -0.2) is 4.93 Å². The third-order valence-electron chi connectivity index (χ3n) is 0. The molecule has 0 bridgehead atoms. The molecule has 0 aromatic heterocycles. The average Bonchev–Trinajstić information content (AvgIpc) is 1.00. The van der Waals surface area contributed by atoms with Crippen molar-refractivity contribution in [2.75, 3.05) is 4.93 Å². The molecule has 0 saturated carbocycles. The quantitative estimate of drug-likeness (QED) is 0.236. The van der Waals surface area contributed by atoms with Crippen LogP contribution in [0.2, 0.25) is 0 Å². The minimum atomic E-state index is 0. The molecule has 0 radical (unpaired) electrons. The molecule has 0 heterocycles. The minimum Gasteiger partial charge on any atom is -1.00 e. The van der Waals surface area contributed by atoms with Crippen molar-refractivity contribution in [2.24, 2.45) is 0 Å².